The zero-order valence-corrected chi connectivity index (χ0v) is 11.7. The molecule has 0 saturated heterocycles. The third-order valence-electron chi connectivity index (χ3n) is 2.81. The number of nitrogens with zero attached hydrogens (tertiary/aromatic N) is 3. The van der Waals surface area contributed by atoms with Crippen molar-refractivity contribution in [3.8, 4) is 6.07 Å². The van der Waals surface area contributed by atoms with Gasteiger partial charge in [0.1, 0.15) is 0 Å². The molecular formula is C16H15N3O2. The van der Waals surface area contributed by atoms with Crippen molar-refractivity contribution in [2.75, 3.05) is 6.61 Å². The van der Waals surface area contributed by atoms with Gasteiger partial charge in [-0.1, -0.05) is 24.3 Å². The van der Waals surface area contributed by atoms with Gasteiger partial charge in [0.15, 0.2) is 5.69 Å². The largest absolute Gasteiger partial charge is 0.461 e. The highest BCUT2D eigenvalue weighted by molar-refractivity contribution is 5.86. The van der Waals surface area contributed by atoms with E-state index < -0.39 is 5.97 Å². The van der Waals surface area contributed by atoms with Crippen LogP contribution in [0.25, 0.3) is 6.08 Å². The standard InChI is InChI=1S/C16H15N3O2/c1-2-21-16(20)15-11-19(12-18-15)10-14-7-5-13(6-8-14)4-3-9-17/h3-8,11-12H,2,10H2,1H3/b4-3+. The van der Waals surface area contributed by atoms with Crippen LogP contribution in [-0.4, -0.2) is 22.1 Å². The Morgan fingerprint density at radius 2 is 2.19 bits per heavy atom. The summed E-state index contributed by atoms with van der Waals surface area (Å²) < 4.78 is 6.72. The summed E-state index contributed by atoms with van der Waals surface area (Å²) in [6, 6.07) is 9.78. The van der Waals surface area contributed by atoms with E-state index in [2.05, 4.69) is 4.98 Å². The Hall–Kier alpha value is -2.87. The van der Waals surface area contributed by atoms with Gasteiger partial charge in [0, 0.05) is 18.8 Å². The summed E-state index contributed by atoms with van der Waals surface area (Å²) in [5.74, 6) is -0.409. The lowest BCUT2D eigenvalue weighted by Gasteiger charge is -2.03. The molecule has 5 heteroatoms. The molecular weight excluding hydrogens is 266 g/mol. The van der Waals surface area contributed by atoms with Crippen LogP contribution in [0.15, 0.2) is 42.9 Å². The summed E-state index contributed by atoms with van der Waals surface area (Å²) in [6.45, 7) is 2.72. The number of carbonyl (C=O) groups excluding carboxylic acids is 1. The average Bonchev–Trinajstić information content (AvgIpc) is 2.95. The molecule has 0 spiro atoms. The SMILES string of the molecule is CCOC(=O)c1cn(Cc2ccc(/C=C/C#N)cc2)cn1. The van der Waals surface area contributed by atoms with Crippen LogP contribution in [0.2, 0.25) is 0 Å². The van der Waals surface area contributed by atoms with E-state index >= 15 is 0 Å². The van der Waals surface area contributed by atoms with Crippen LogP contribution in [-0.2, 0) is 11.3 Å². The number of imidazole rings is 1. The quantitative estimate of drug-likeness (QED) is 0.624. The van der Waals surface area contributed by atoms with E-state index in [1.54, 1.807) is 25.5 Å². The van der Waals surface area contributed by atoms with E-state index in [0.29, 0.717) is 18.8 Å². The molecule has 0 aliphatic heterocycles. The zero-order chi connectivity index (χ0) is 15.1. The summed E-state index contributed by atoms with van der Waals surface area (Å²) in [6.07, 6.45) is 6.47. The van der Waals surface area contributed by atoms with E-state index in [9.17, 15) is 4.79 Å². The summed E-state index contributed by atoms with van der Waals surface area (Å²) >= 11 is 0. The van der Waals surface area contributed by atoms with E-state index in [0.717, 1.165) is 11.1 Å². The van der Waals surface area contributed by atoms with E-state index in [-0.39, 0.29) is 0 Å². The Balaban J connectivity index is 2.03. The second-order valence-electron chi connectivity index (χ2n) is 4.36. The number of benzene rings is 1. The maximum atomic E-state index is 11.5. The number of rotatable bonds is 5. The summed E-state index contributed by atoms with van der Waals surface area (Å²) in [7, 11) is 0. The third-order valence-corrected chi connectivity index (χ3v) is 2.81. The first-order valence-corrected chi connectivity index (χ1v) is 6.57. The van der Waals surface area contributed by atoms with Crippen LogP contribution in [0.1, 0.15) is 28.5 Å². The molecule has 21 heavy (non-hydrogen) atoms. The van der Waals surface area contributed by atoms with Crippen molar-refractivity contribution in [3.63, 3.8) is 0 Å². The summed E-state index contributed by atoms with van der Waals surface area (Å²) in [5, 5.41) is 8.48. The highest BCUT2D eigenvalue weighted by Crippen LogP contribution is 2.09. The monoisotopic (exact) mass is 281 g/mol. The van der Waals surface area contributed by atoms with Gasteiger partial charge in [0.05, 0.1) is 19.0 Å². The fourth-order valence-corrected chi connectivity index (χ4v) is 1.84. The lowest BCUT2D eigenvalue weighted by Crippen LogP contribution is -2.05. The molecule has 106 valence electrons. The Bertz CT molecular complexity index is 678. The number of hydrogen-bond donors (Lipinski definition) is 0. The molecule has 0 unspecified atom stereocenters. The first kappa shape index (κ1) is 14.5. The molecule has 0 bridgehead atoms. The highest BCUT2D eigenvalue weighted by Gasteiger charge is 2.09. The average molecular weight is 281 g/mol. The molecule has 1 heterocycles. The molecule has 0 N–H and O–H groups in total. The molecule has 0 saturated carbocycles. The van der Waals surface area contributed by atoms with Crippen LogP contribution in [0, 0.1) is 11.3 Å². The third kappa shape index (κ3) is 4.05. The summed E-state index contributed by atoms with van der Waals surface area (Å²) in [5.41, 5.74) is 2.36. The highest BCUT2D eigenvalue weighted by atomic mass is 16.5. The normalized spacial score (nSPS) is 10.5. The van der Waals surface area contributed by atoms with E-state index in [1.807, 2.05) is 34.9 Å². The van der Waals surface area contributed by atoms with Gasteiger partial charge in [0.2, 0.25) is 0 Å². The second-order valence-corrected chi connectivity index (χ2v) is 4.36. The minimum atomic E-state index is -0.409. The van der Waals surface area contributed by atoms with E-state index in [4.69, 9.17) is 10.00 Å². The maximum Gasteiger partial charge on any atom is 0.358 e. The van der Waals surface area contributed by atoms with Gasteiger partial charge in [-0.3, -0.25) is 0 Å². The fourth-order valence-electron chi connectivity index (χ4n) is 1.84. The lowest BCUT2D eigenvalue weighted by atomic mass is 10.1. The Morgan fingerprint density at radius 3 is 2.86 bits per heavy atom. The van der Waals surface area contributed by atoms with Crippen LogP contribution in [0.3, 0.4) is 0 Å². The molecule has 2 aromatic rings. The predicted molar refractivity (Wildman–Crippen MR) is 78.4 cm³/mol. The molecule has 0 aliphatic rings. The van der Waals surface area contributed by atoms with Crippen LogP contribution >= 0.6 is 0 Å². The first-order valence-electron chi connectivity index (χ1n) is 6.57. The molecule has 0 fully saturated rings. The summed E-state index contributed by atoms with van der Waals surface area (Å²) in [4.78, 5) is 15.6. The Kier molecular flexibility index (Phi) is 4.89. The minimum absolute atomic E-state index is 0.311. The van der Waals surface area contributed by atoms with Gasteiger partial charge >= 0.3 is 5.97 Å². The topological polar surface area (TPSA) is 67.9 Å². The smallest absolute Gasteiger partial charge is 0.358 e. The van der Waals surface area contributed by atoms with Gasteiger partial charge in [-0.15, -0.1) is 0 Å². The van der Waals surface area contributed by atoms with Crippen LogP contribution < -0.4 is 0 Å². The van der Waals surface area contributed by atoms with Crippen LogP contribution in [0.5, 0.6) is 0 Å². The molecule has 0 atom stereocenters. The Labute approximate surface area is 123 Å². The molecule has 2 rings (SSSR count). The number of ether oxygens (including phenoxy) is 1. The van der Waals surface area contributed by atoms with E-state index in [1.165, 1.54) is 6.08 Å². The molecule has 0 aliphatic carbocycles. The Morgan fingerprint density at radius 1 is 1.43 bits per heavy atom. The lowest BCUT2D eigenvalue weighted by molar-refractivity contribution is 0.0520. The molecule has 0 radical (unpaired) electrons. The van der Waals surface area contributed by atoms with Crippen molar-refractivity contribution in [1.29, 1.82) is 5.26 Å². The molecule has 1 aromatic heterocycles. The fraction of sp³-hybridized carbons (Fsp3) is 0.188. The van der Waals surface area contributed by atoms with Gasteiger partial charge in [-0.05, 0) is 24.1 Å². The van der Waals surface area contributed by atoms with Crippen LogP contribution in [0.4, 0.5) is 0 Å². The number of esters is 1. The number of hydrogen-bond acceptors (Lipinski definition) is 4. The number of carbonyl (C=O) groups is 1. The van der Waals surface area contributed by atoms with Gasteiger partial charge < -0.3 is 9.30 Å². The van der Waals surface area contributed by atoms with Crippen molar-refractivity contribution in [2.24, 2.45) is 0 Å². The molecule has 5 nitrogen and oxygen atoms in total. The minimum Gasteiger partial charge on any atom is -0.461 e. The van der Waals surface area contributed by atoms with Gasteiger partial charge in [0.25, 0.3) is 0 Å². The first-order chi connectivity index (χ1) is 10.2. The van der Waals surface area contributed by atoms with Crippen molar-refractivity contribution in [1.82, 2.24) is 9.55 Å². The zero-order valence-electron chi connectivity index (χ0n) is 11.7. The number of aromatic nitrogens is 2. The van der Waals surface area contributed by atoms with Gasteiger partial charge in [-0.2, -0.15) is 5.26 Å². The number of allylic oxidation sites excluding steroid dienone is 1. The molecule has 1 aromatic carbocycles. The number of nitriles is 1. The second kappa shape index (κ2) is 7.06. The van der Waals surface area contributed by atoms with Gasteiger partial charge in [-0.25, -0.2) is 9.78 Å². The van der Waals surface area contributed by atoms with Crippen molar-refractivity contribution in [3.05, 3.63) is 59.7 Å². The molecule has 0 amide bonds. The van der Waals surface area contributed by atoms with Crippen molar-refractivity contribution < 1.29 is 9.53 Å². The van der Waals surface area contributed by atoms with Crippen molar-refractivity contribution >= 4 is 12.0 Å². The van der Waals surface area contributed by atoms with Crippen molar-refractivity contribution in [2.45, 2.75) is 13.5 Å². The predicted octanol–water partition coefficient (Wildman–Crippen LogP) is 2.64. The maximum absolute atomic E-state index is 11.5.